The number of ketones is 1. The number of aliphatic hydroxyl groups is 1. The molecule has 2 heterocycles. The van der Waals surface area contributed by atoms with Gasteiger partial charge >= 0.3 is 0 Å². The molecule has 1 unspecified atom stereocenters. The largest absolute Gasteiger partial charge is 0.507 e. The molecule has 0 bridgehead atoms. The zero-order chi connectivity index (χ0) is 22.0. The van der Waals surface area contributed by atoms with Gasteiger partial charge in [-0.3, -0.25) is 19.5 Å². The Morgan fingerprint density at radius 1 is 1.06 bits per heavy atom. The fourth-order valence-electron chi connectivity index (χ4n) is 3.79. The second-order valence-electron chi connectivity index (χ2n) is 7.25. The van der Waals surface area contributed by atoms with Crippen molar-refractivity contribution in [2.24, 2.45) is 0 Å². The lowest BCUT2D eigenvalue weighted by Gasteiger charge is -2.25. The van der Waals surface area contributed by atoms with Crippen LogP contribution in [0.25, 0.3) is 5.76 Å². The molecule has 1 amide bonds. The molecule has 1 aliphatic rings. The Labute approximate surface area is 180 Å². The number of benzene rings is 2. The van der Waals surface area contributed by atoms with Gasteiger partial charge in [0, 0.05) is 23.6 Å². The number of rotatable bonds is 5. The highest BCUT2D eigenvalue weighted by Crippen LogP contribution is 2.42. The number of hydrogen-bond donors (Lipinski definition) is 1. The molecule has 1 aromatic heterocycles. The Balaban J connectivity index is 1.92. The minimum atomic E-state index is -0.777. The standard InChI is InChI=1S/C25H22N2O4/c1-3-31-20-9-5-7-18(15-20)23(28)21-22(17-10-12-26-13-11-17)27(25(30)24(21)29)19-8-4-6-16(2)14-19/h4-15,22,28H,3H2,1-2H3/b23-21+. The van der Waals surface area contributed by atoms with Gasteiger partial charge in [0.05, 0.1) is 18.2 Å². The van der Waals surface area contributed by atoms with E-state index in [2.05, 4.69) is 4.98 Å². The topological polar surface area (TPSA) is 79.7 Å². The number of anilines is 1. The molecule has 1 atom stereocenters. The number of carbonyl (C=O) groups is 2. The van der Waals surface area contributed by atoms with Crippen molar-refractivity contribution >= 4 is 23.1 Å². The van der Waals surface area contributed by atoms with Crippen molar-refractivity contribution in [1.82, 2.24) is 4.98 Å². The first-order chi connectivity index (χ1) is 15.0. The highest BCUT2D eigenvalue weighted by atomic mass is 16.5. The SMILES string of the molecule is CCOc1cccc(/C(O)=C2\C(=O)C(=O)N(c3cccc(C)c3)C2c2ccncc2)c1. The number of hydrogen-bond acceptors (Lipinski definition) is 5. The number of aryl methyl sites for hydroxylation is 1. The second kappa shape index (κ2) is 8.44. The summed E-state index contributed by atoms with van der Waals surface area (Å²) in [6.45, 7) is 4.25. The van der Waals surface area contributed by atoms with Crippen LogP contribution in [0.2, 0.25) is 0 Å². The quantitative estimate of drug-likeness (QED) is 0.380. The summed E-state index contributed by atoms with van der Waals surface area (Å²) in [4.78, 5) is 31.7. The average molecular weight is 414 g/mol. The number of nitrogens with zero attached hydrogens (tertiary/aromatic N) is 2. The van der Waals surface area contributed by atoms with E-state index in [1.165, 1.54) is 4.90 Å². The zero-order valence-corrected chi connectivity index (χ0v) is 17.3. The fraction of sp³-hybridized carbons (Fsp3) is 0.160. The number of Topliss-reactive ketones (excluding diaryl/α,β-unsaturated/α-hetero) is 1. The first-order valence-corrected chi connectivity index (χ1v) is 10.0. The molecule has 0 spiro atoms. The van der Waals surface area contributed by atoms with Gasteiger partial charge in [0.15, 0.2) is 0 Å². The number of amides is 1. The lowest BCUT2D eigenvalue weighted by Crippen LogP contribution is -2.29. The van der Waals surface area contributed by atoms with Gasteiger partial charge in [0.1, 0.15) is 11.5 Å². The lowest BCUT2D eigenvalue weighted by atomic mass is 9.95. The van der Waals surface area contributed by atoms with Crippen LogP contribution in [-0.4, -0.2) is 28.4 Å². The van der Waals surface area contributed by atoms with Gasteiger partial charge in [-0.2, -0.15) is 0 Å². The lowest BCUT2D eigenvalue weighted by molar-refractivity contribution is -0.132. The van der Waals surface area contributed by atoms with E-state index in [0.717, 1.165) is 5.56 Å². The molecular formula is C25H22N2O4. The average Bonchev–Trinajstić information content (AvgIpc) is 3.05. The minimum Gasteiger partial charge on any atom is -0.507 e. The molecule has 3 aromatic rings. The molecule has 4 rings (SSSR count). The van der Waals surface area contributed by atoms with Gasteiger partial charge in [-0.25, -0.2) is 0 Å². The monoisotopic (exact) mass is 414 g/mol. The molecule has 0 aliphatic carbocycles. The van der Waals surface area contributed by atoms with Crippen LogP contribution < -0.4 is 9.64 Å². The molecular weight excluding hydrogens is 392 g/mol. The summed E-state index contributed by atoms with van der Waals surface area (Å²) in [6.07, 6.45) is 3.20. The zero-order valence-electron chi connectivity index (χ0n) is 17.3. The maximum Gasteiger partial charge on any atom is 0.300 e. The maximum atomic E-state index is 13.1. The molecule has 1 fully saturated rings. The van der Waals surface area contributed by atoms with Crippen molar-refractivity contribution in [1.29, 1.82) is 0 Å². The van der Waals surface area contributed by atoms with E-state index < -0.39 is 17.7 Å². The highest BCUT2D eigenvalue weighted by molar-refractivity contribution is 6.51. The predicted octanol–water partition coefficient (Wildman–Crippen LogP) is 4.42. The molecule has 6 heteroatoms. The summed E-state index contributed by atoms with van der Waals surface area (Å²) >= 11 is 0. The molecule has 1 aliphatic heterocycles. The summed E-state index contributed by atoms with van der Waals surface area (Å²) in [5.74, 6) is -1.09. The highest BCUT2D eigenvalue weighted by Gasteiger charge is 2.47. The summed E-state index contributed by atoms with van der Waals surface area (Å²) in [7, 11) is 0. The van der Waals surface area contributed by atoms with E-state index in [4.69, 9.17) is 4.74 Å². The maximum absolute atomic E-state index is 13.1. The fourth-order valence-corrected chi connectivity index (χ4v) is 3.79. The summed E-state index contributed by atoms with van der Waals surface area (Å²) in [5.41, 5.74) is 2.67. The minimum absolute atomic E-state index is 0.0337. The molecule has 0 saturated carbocycles. The third-order valence-electron chi connectivity index (χ3n) is 5.16. The van der Waals surface area contributed by atoms with Crippen LogP contribution in [-0.2, 0) is 9.59 Å². The van der Waals surface area contributed by atoms with Gasteiger partial charge in [-0.1, -0.05) is 24.3 Å². The van der Waals surface area contributed by atoms with Crippen LogP contribution in [0.3, 0.4) is 0 Å². The molecule has 156 valence electrons. The predicted molar refractivity (Wildman–Crippen MR) is 118 cm³/mol. The van der Waals surface area contributed by atoms with Crippen molar-refractivity contribution in [2.75, 3.05) is 11.5 Å². The smallest absolute Gasteiger partial charge is 0.300 e. The van der Waals surface area contributed by atoms with Gasteiger partial charge in [0.2, 0.25) is 0 Å². The van der Waals surface area contributed by atoms with Crippen molar-refractivity contribution in [3.63, 3.8) is 0 Å². The summed E-state index contributed by atoms with van der Waals surface area (Å²) in [6, 6.07) is 16.9. The number of pyridine rings is 1. The number of aliphatic hydroxyl groups excluding tert-OH is 1. The first-order valence-electron chi connectivity index (χ1n) is 10.0. The van der Waals surface area contributed by atoms with Crippen molar-refractivity contribution < 1.29 is 19.4 Å². The van der Waals surface area contributed by atoms with Crippen LogP contribution in [0.1, 0.15) is 29.7 Å². The van der Waals surface area contributed by atoms with Crippen molar-refractivity contribution in [3.05, 3.63) is 95.3 Å². The van der Waals surface area contributed by atoms with E-state index in [-0.39, 0.29) is 11.3 Å². The van der Waals surface area contributed by atoms with Crippen LogP contribution in [0.4, 0.5) is 5.69 Å². The Morgan fingerprint density at radius 2 is 1.81 bits per heavy atom. The number of aromatic nitrogens is 1. The Morgan fingerprint density at radius 3 is 2.52 bits per heavy atom. The van der Waals surface area contributed by atoms with Crippen LogP contribution in [0, 0.1) is 6.92 Å². The molecule has 6 nitrogen and oxygen atoms in total. The summed E-state index contributed by atoms with van der Waals surface area (Å²) < 4.78 is 5.52. The third kappa shape index (κ3) is 3.80. The van der Waals surface area contributed by atoms with Crippen LogP contribution in [0.15, 0.2) is 78.6 Å². The molecule has 31 heavy (non-hydrogen) atoms. The molecule has 1 saturated heterocycles. The van der Waals surface area contributed by atoms with E-state index in [1.54, 1.807) is 54.9 Å². The summed E-state index contributed by atoms with van der Waals surface area (Å²) in [5, 5.41) is 11.2. The first kappa shape index (κ1) is 20.3. The van der Waals surface area contributed by atoms with Crippen molar-refractivity contribution in [2.45, 2.75) is 19.9 Å². The Hall–Kier alpha value is -3.93. The second-order valence-corrected chi connectivity index (χ2v) is 7.25. The van der Waals surface area contributed by atoms with Crippen LogP contribution >= 0.6 is 0 Å². The van der Waals surface area contributed by atoms with E-state index in [9.17, 15) is 14.7 Å². The Bertz CT molecular complexity index is 1170. The Kier molecular flexibility index (Phi) is 5.54. The molecule has 2 aromatic carbocycles. The van der Waals surface area contributed by atoms with Gasteiger partial charge in [0.25, 0.3) is 11.7 Å². The number of carbonyl (C=O) groups excluding carboxylic acids is 2. The number of ether oxygens (including phenoxy) is 1. The van der Waals surface area contributed by atoms with Gasteiger partial charge < -0.3 is 9.84 Å². The molecule has 0 radical (unpaired) electrons. The van der Waals surface area contributed by atoms with E-state index in [1.807, 2.05) is 32.0 Å². The normalized spacial score (nSPS) is 17.7. The van der Waals surface area contributed by atoms with E-state index in [0.29, 0.717) is 29.2 Å². The van der Waals surface area contributed by atoms with Gasteiger partial charge in [-0.15, -0.1) is 0 Å². The molecule has 1 N–H and O–H groups in total. The van der Waals surface area contributed by atoms with Gasteiger partial charge in [-0.05, 0) is 61.4 Å². The van der Waals surface area contributed by atoms with Crippen LogP contribution in [0.5, 0.6) is 5.75 Å². The van der Waals surface area contributed by atoms with Crippen molar-refractivity contribution in [3.8, 4) is 5.75 Å². The van der Waals surface area contributed by atoms with E-state index >= 15 is 0 Å². The third-order valence-corrected chi connectivity index (χ3v) is 5.16.